The van der Waals surface area contributed by atoms with Crippen molar-refractivity contribution in [2.75, 3.05) is 0 Å². The van der Waals surface area contributed by atoms with Crippen LogP contribution in [0.15, 0.2) is 23.0 Å². The molecule has 1 N–H and O–H groups in total. The van der Waals surface area contributed by atoms with Crippen molar-refractivity contribution in [1.82, 2.24) is 0 Å². The lowest BCUT2D eigenvalue weighted by Gasteiger charge is -2.30. The summed E-state index contributed by atoms with van der Waals surface area (Å²) in [5.74, 6) is -1.62. The molecule has 1 rings (SSSR count). The third-order valence-corrected chi connectivity index (χ3v) is 3.45. The molecule has 0 bridgehead atoms. The molecular weight excluding hydrogens is 272 g/mol. The van der Waals surface area contributed by atoms with Crippen molar-refractivity contribution >= 4 is 17.5 Å². The zero-order valence-corrected chi connectivity index (χ0v) is 13.0. The number of aliphatic hydroxyl groups is 1. The van der Waals surface area contributed by atoms with E-state index in [1.807, 2.05) is 6.92 Å². The third kappa shape index (κ3) is 3.60. The standard InChI is InChI=1S/C16H22O5/c1-5-7-8-13(18)12-9-16(4,21-10(3)17)15(20)11(6-2)14(12)19/h9,19H,5-8H2,1-4H3. The zero-order chi connectivity index (χ0) is 16.2. The van der Waals surface area contributed by atoms with Gasteiger partial charge in [-0.15, -0.1) is 0 Å². The maximum Gasteiger partial charge on any atom is 0.303 e. The molecule has 0 aromatic heterocycles. The molecule has 1 aliphatic carbocycles. The van der Waals surface area contributed by atoms with Gasteiger partial charge >= 0.3 is 5.97 Å². The van der Waals surface area contributed by atoms with Gasteiger partial charge in [-0.25, -0.2) is 0 Å². The predicted molar refractivity (Wildman–Crippen MR) is 77.7 cm³/mol. The number of aliphatic hydroxyl groups excluding tert-OH is 1. The van der Waals surface area contributed by atoms with Gasteiger partial charge in [-0.2, -0.15) is 0 Å². The van der Waals surface area contributed by atoms with Gasteiger partial charge in [0.2, 0.25) is 5.78 Å². The van der Waals surface area contributed by atoms with Crippen LogP contribution in [0, 0.1) is 0 Å². The van der Waals surface area contributed by atoms with Crippen molar-refractivity contribution < 1.29 is 24.2 Å². The molecule has 0 fully saturated rings. The second-order valence-corrected chi connectivity index (χ2v) is 5.30. The normalized spacial score (nSPS) is 22.1. The molecule has 21 heavy (non-hydrogen) atoms. The number of hydrogen-bond donors (Lipinski definition) is 1. The van der Waals surface area contributed by atoms with Crippen LogP contribution in [0.3, 0.4) is 0 Å². The molecule has 0 saturated heterocycles. The number of hydrogen-bond acceptors (Lipinski definition) is 5. The largest absolute Gasteiger partial charge is 0.507 e. The van der Waals surface area contributed by atoms with Crippen LogP contribution in [0.25, 0.3) is 0 Å². The lowest BCUT2D eigenvalue weighted by atomic mass is 9.82. The molecule has 0 spiro atoms. The Labute approximate surface area is 124 Å². The summed E-state index contributed by atoms with van der Waals surface area (Å²) < 4.78 is 5.09. The molecule has 0 aliphatic heterocycles. The monoisotopic (exact) mass is 294 g/mol. The van der Waals surface area contributed by atoms with Gasteiger partial charge in [0.05, 0.1) is 5.57 Å². The summed E-state index contributed by atoms with van der Waals surface area (Å²) in [5, 5.41) is 10.2. The molecule has 5 nitrogen and oxygen atoms in total. The summed E-state index contributed by atoms with van der Waals surface area (Å²) in [4.78, 5) is 35.8. The molecular formula is C16H22O5. The SMILES string of the molecule is CCCCC(=O)C1=CC(C)(OC(C)=O)C(=O)C(CC)=C1O. The van der Waals surface area contributed by atoms with Gasteiger partial charge in [0.15, 0.2) is 11.4 Å². The maximum absolute atomic E-state index is 12.4. The van der Waals surface area contributed by atoms with E-state index >= 15 is 0 Å². The average molecular weight is 294 g/mol. The van der Waals surface area contributed by atoms with Crippen LogP contribution < -0.4 is 0 Å². The number of ketones is 2. The number of carbonyl (C=O) groups is 3. The van der Waals surface area contributed by atoms with Gasteiger partial charge in [-0.3, -0.25) is 14.4 Å². The zero-order valence-electron chi connectivity index (χ0n) is 13.0. The predicted octanol–water partition coefficient (Wildman–Crippen LogP) is 2.80. The molecule has 1 aliphatic rings. The number of ether oxygens (including phenoxy) is 1. The second-order valence-electron chi connectivity index (χ2n) is 5.30. The first kappa shape index (κ1) is 17.1. The number of carbonyl (C=O) groups excluding carboxylic acids is 3. The van der Waals surface area contributed by atoms with Gasteiger partial charge < -0.3 is 9.84 Å². The quantitative estimate of drug-likeness (QED) is 0.762. The van der Waals surface area contributed by atoms with Crippen molar-refractivity contribution in [1.29, 1.82) is 0 Å². The number of Topliss-reactive ketones (excluding diaryl/α,β-unsaturated/α-hetero) is 2. The molecule has 0 aromatic rings. The topological polar surface area (TPSA) is 80.7 Å². The highest BCUT2D eigenvalue weighted by Crippen LogP contribution is 2.33. The van der Waals surface area contributed by atoms with Crippen LogP contribution in [0.1, 0.15) is 53.4 Å². The molecule has 0 radical (unpaired) electrons. The summed E-state index contributed by atoms with van der Waals surface area (Å²) in [6.07, 6.45) is 3.37. The summed E-state index contributed by atoms with van der Waals surface area (Å²) >= 11 is 0. The third-order valence-electron chi connectivity index (χ3n) is 3.45. The number of allylic oxidation sites excluding steroid dienone is 1. The van der Waals surface area contributed by atoms with Crippen molar-refractivity contribution in [3.05, 3.63) is 23.0 Å². The van der Waals surface area contributed by atoms with Crippen molar-refractivity contribution in [3.8, 4) is 0 Å². The van der Waals surface area contributed by atoms with Gasteiger partial charge in [-0.05, 0) is 25.8 Å². The van der Waals surface area contributed by atoms with Crippen LogP contribution >= 0.6 is 0 Å². The minimum Gasteiger partial charge on any atom is -0.507 e. The van der Waals surface area contributed by atoms with Crippen molar-refractivity contribution in [2.24, 2.45) is 0 Å². The van der Waals surface area contributed by atoms with E-state index in [-0.39, 0.29) is 35.5 Å². The van der Waals surface area contributed by atoms with Gasteiger partial charge in [0.25, 0.3) is 0 Å². The fraction of sp³-hybridized carbons (Fsp3) is 0.562. The van der Waals surface area contributed by atoms with Crippen LogP contribution in [0.4, 0.5) is 0 Å². The molecule has 0 aromatic carbocycles. The van der Waals surface area contributed by atoms with E-state index in [9.17, 15) is 19.5 Å². The summed E-state index contributed by atoms with van der Waals surface area (Å²) in [5.41, 5.74) is -1.33. The van der Waals surface area contributed by atoms with Gasteiger partial charge in [0, 0.05) is 18.9 Å². The molecule has 1 unspecified atom stereocenters. The Balaban J connectivity index is 3.27. The fourth-order valence-corrected chi connectivity index (χ4v) is 2.37. The van der Waals surface area contributed by atoms with E-state index in [2.05, 4.69) is 0 Å². The van der Waals surface area contributed by atoms with E-state index in [1.165, 1.54) is 19.9 Å². The Morgan fingerprint density at radius 2 is 1.95 bits per heavy atom. The molecule has 1 atom stereocenters. The molecule has 116 valence electrons. The summed E-state index contributed by atoms with van der Waals surface area (Å²) in [7, 11) is 0. The maximum atomic E-state index is 12.4. The van der Waals surface area contributed by atoms with E-state index in [4.69, 9.17) is 4.74 Å². The van der Waals surface area contributed by atoms with Crippen molar-refractivity contribution in [3.63, 3.8) is 0 Å². The number of unbranched alkanes of at least 4 members (excludes halogenated alkanes) is 1. The van der Waals surface area contributed by atoms with Crippen molar-refractivity contribution in [2.45, 2.75) is 59.0 Å². The minimum absolute atomic E-state index is 0.0728. The molecule has 0 heterocycles. The van der Waals surface area contributed by atoms with Crippen LogP contribution in [0.2, 0.25) is 0 Å². The fourth-order valence-electron chi connectivity index (χ4n) is 2.37. The lowest BCUT2D eigenvalue weighted by Crippen LogP contribution is -2.42. The summed E-state index contributed by atoms with van der Waals surface area (Å²) in [6.45, 7) is 6.31. The Morgan fingerprint density at radius 3 is 2.43 bits per heavy atom. The Bertz CT molecular complexity index is 527. The Morgan fingerprint density at radius 1 is 1.33 bits per heavy atom. The van der Waals surface area contributed by atoms with Gasteiger partial charge in [0.1, 0.15) is 5.76 Å². The first-order valence-corrected chi connectivity index (χ1v) is 7.19. The highest BCUT2D eigenvalue weighted by molar-refractivity contribution is 6.11. The van der Waals surface area contributed by atoms with E-state index in [1.54, 1.807) is 6.92 Å². The highest BCUT2D eigenvalue weighted by atomic mass is 16.6. The second kappa shape index (κ2) is 6.70. The molecule has 0 amide bonds. The Kier molecular flexibility index (Phi) is 5.47. The van der Waals surface area contributed by atoms with Crippen LogP contribution in [-0.2, 0) is 19.1 Å². The number of rotatable bonds is 6. The van der Waals surface area contributed by atoms with E-state index in [0.29, 0.717) is 6.42 Å². The van der Waals surface area contributed by atoms with Crippen LogP contribution in [-0.4, -0.2) is 28.2 Å². The van der Waals surface area contributed by atoms with E-state index in [0.717, 1.165) is 6.42 Å². The molecule has 0 saturated carbocycles. The number of esters is 1. The highest BCUT2D eigenvalue weighted by Gasteiger charge is 2.42. The lowest BCUT2D eigenvalue weighted by molar-refractivity contribution is -0.157. The Hall–Kier alpha value is -1.91. The first-order chi connectivity index (χ1) is 9.76. The summed E-state index contributed by atoms with van der Waals surface area (Å²) in [6, 6.07) is 0. The van der Waals surface area contributed by atoms with Crippen LogP contribution in [0.5, 0.6) is 0 Å². The first-order valence-electron chi connectivity index (χ1n) is 7.19. The minimum atomic E-state index is -1.53. The smallest absolute Gasteiger partial charge is 0.303 e. The van der Waals surface area contributed by atoms with Gasteiger partial charge in [-0.1, -0.05) is 20.3 Å². The molecule has 5 heteroatoms. The van der Waals surface area contributed by atoms with E-state index < -0.39 is 17.4 Å². The average Bonchev–Trinajstić information content (AvgIpc) is 2.40.